The number of hydrogen-bond acceptors (Lipinski definition) is 5. The molecule has 2 aromatic heterocycles. The number of hydrogen-bond donors (Lipinski definition) is 1. The SMILES string of the molecule is O=C([C@@H](Cc1cnc[nH]1)N1C(=O)c2ccccc2C1=O)N1CCC(=C2c3ccc(Cl)cc3CCc3cccnc32)CC1. The lowest BCUT2D eigenvalue weighted by atomic mass is 9.88. The van der Waals surface area contributed by atoms with Crippen molar-refractivity contribution in [3.05, 3.63) is 123 Å². The number of nitrogens with one attached hydrogen (secondary N) is 1. The van der Waals surface area contributed by atoms with Crippen LogP contribution in [0.1, 0.15) is 61.6 Å². The van der Waals surface area contributed by atoms with Gasteiger partial charge in [-0.05, 0) is 72.7 Å². The maximum atomic E-state index is 14.1. The number of aromatic amines is 1. The zero-order valence-corrected chi connectivity index (χ0v) is 23.6. The lowest BCUT2D eigenvalue weighted by Crippen LogP contribution is -2.53. The van der Waals surface area contributed by atoms with Gasteiger partial charge >= 0.3 is 0 Å². The van der Waals surface area contributed by atoms with E-state index < -0.39 is 17.9 Å². The third-order valence-electron chi connectivity index (χ3n) is 8.55. The van der Waals surface area contributed by atoms with E-state index in [0.717, 1.165) is 34.6 Å². The van der Waals surface area contributed by atoms with E-state index in [1.165, 1.54) is 23.0 Å². The lowest BCUT2D eigenvalue weighted by Gasteiger charge is -2.35. The molecule has 1 saturated heterocycles. The van der Waals surface area contributed by atoms with Gasteiger partial charge in [0.05, 0.1) is 23.1 Å². The molecule has 2 aromatic carbocycles. The molecule has 0 spiro atoms. The molecule has 1 aliphatic carbocycles. The van der Waals surface area contributed by atoms with Crippen LogP contribution in [-0.4, -0.2) is 61.6 Å². The number of nitrogens with zero attached hydrogens (tertiary/aromatic N) is 4. The molecule has 1 fully saturated rings. The summed E-state index contributed by atoms with van der Waals surface area (Å²) in [6, 6.07) is 15.9. The molecule has 0 bridgehead atoms. The number of benzene rings is 2. The molecular formula is C33H28ClN5O3. The summed E-state index contributed by atoms with van der Waals surface area (Å²) in [5, 5.41) is 0.717. The predicted octanol–water partition coefficient (Wildman–Crippen LogP) is 4.89. The van der Waals surface area contributed by atoms with Gasteiger partial charge in [0.2, 0.25) is 5.91 Å². The Morgan fingerprint density at radius 1 is 0.905 bits per heavy atom. The minimum atomic E-state index is -0.977. The van der Waals surface area contributed by atoms with Crippen LogP contribution >= 0.6 is 11.6 Å². The Morgan fingerprint density at radius 2 is 1.64 bits per heavy atom. The Bertz CT molecular complexity index is 1720. The van der Waals surface area contributed by atoms with E-state index >= 15 is 0 Å². The summed E-state index contributed by atoms with van der Waals surface area (Å²) < 4.78 is 0. The number of piperidine rings is 1. The van der Waals surface area contributed by atoms with E-state index in [0.29, 0.717) is 47.8 Å². The van der Waals surface area contributed by atoms with E-state index in [-0.39, 0.29) is 12.3 Å². The van der Waals surface area contributed by atoms with Gasteiger partial charge in [-0.25, -0.2) is 4.98 Å². The summed E-state index contributed by atoms with van der Waals surface area (Å²) in [5.41, 5.74) is 8.27. The van der Waals surface area contributed by atoms with Gasteiger partial charge in [-0.2, -0.15) is 0 Å². The number of likely N-dealkylation sites (tertiary alicyclic amines) is 1. The molecule has 7 rings (SSSR count). The maximum Gasteiger partial charge on any atom is 0.262 e. The van der Waals surface area contributed by atoms with E-state index in [1.807, 2.05) is 24.4 Å². The Kier molecular flexibility index (Phi) is 6.70. The summed E-state index contributed by atoms with van der Waals surface area (Å²) in [6.45, 7) is 0.955. The zero-order valence-electron chi connectivity index (χ0n) is 22.8. The minimum Gasteiger partial charge on any atom is -0.348 e. The third kappa shape index (κ3) is 4.52. The van der Waals surface area contributed by atoms with Gasteiger partial charge < -0.3 is 9.88 Å². The largest absolute Gasteiger partial charge is 0.348 e. The summed E-state index contributed by atoms with van der Waals surface area (Å²) in [4.78, 5) is 55.7. The number of aromatic nitrogens is 3. The van der Waals surface area contributed by atoms with Gasteiger partial charge in [0.25, 0.3) is 11.8 Å². The van der Waals surface area contributed by atoms with Crippen molar-refractivity contribution in [2.24, 2.45) is 0 Å². The van der Waals surface area contributed by atoms with Crippen LogP contribution in [-0.2, 0) is 24.1 Å². The van der Waals surface area contributed by atoms with Crippen molar-refractivity contribution in [2.45, 2.75) is 38.1 Å². The molecule has 8 nitrogen and oxygen atoms in total. The summed E-state index contributed by atoms with van der Waals surface area (Å²) >= 11 is 6.38. The summed E-state index contributed by atoms with van der Waals surface area (Å²) in [6.07, 6.45) is 8.25. The minimum absolute atomic E-state index is 0.167. The molecule has 3 aliphatic rings. The Labute approximate surface area is 248 Å². The second kappa shape index (κ2) is 10.7. The molecule has 1 N–H and O–H groups in total. The fourth-order valence-corrected chi connectivity index (χ4v) is 6.67. The molecule has 3 amide bonds. The average molecular weight is 578 g/mol. The fourth-order valence-electron chi connectivity index (χ4n) is 6.48. The number of imidazole rings is 1. The normalized spacial score (nSPS) is 17.1. The van der Waals surface area contributed by atoms with E-state index in [1.54, 1.807) is 35.4 Å². The number of carbonyl (C=O) groups excluding carboxylic acids is 3. The molecule has 2 aliphatic heterocycles. The predicted molar refractivity (Wildman–Crippen MR) is 158 cm³/mol. The number of fused-ring (bicyclic) bond motifs is 3. The number of aryl methyl sites for hydroxylation is 2. The van der Waals surface area contributed by atoms with Crippen LogP contribution < -0.4 is 0 Å². The number of amides is 3. The van der Waals surface area contributed by atoms with Crippen LogP contribution in [0.5, 0.6) is 0 Å². The average Bonchev–Trinajstić information content (AvgIpc) is 3.58. The van der Waals surface area contributed by atoms with Gasteiger partial charge in [-0.3, -0.25) is 24.3 Å². The molecular weight excluding hydrogens is 550 g/mol. The van der Waals surface area contributed by atoms with Crippen LogP contribution in [0.2, 0.25) is 5.02 Å². The highest BCUT2D eigenvalue weighted by atomic mass is 35.5. The standard InChI is InChI=1S/C33H28ClN5O3/c34-23-9-10-25-22(16-23)8-7-21-4-3-13-36-30(21)29(25)20-11-14-38(15-12-20)33(42)28(17-24-18-35-19-37-24)39-31(40)26-5-1-2-6-27(26)32(39)41/h1-6,9-10,13,16,18-19,28H,7-8,11-12,14-15,17H2,(H,35,37)/t28-/m1/s1. The van der Waals surface area contributed by atoms with Gasteiger partial charge in [0.1, 0.15) is 6.04 Å². The quantitative estimate of drug-likeness (QED) is 0.348. The van der Waals surface area contributed by atoms with Crippen LogP contribution in [0.4, 0.5) is 0 Å². The first-order valence-corrected chi connectivity index (χ1v) is 14.6. The monoisotopic (exact) mass is 577 g/mol. The lowest BCUT2D eigenvalue weighted by molar-refractivity contribution is -0.135. The summed E-state index contributed by atoms with van der Waals surface area (Å²) in [5.74, 6) is -1.12. The molecule has 4 aromatic rings. The fraction of sp³-hybridized carbons (Fsp3) is 0.242. The first-order valence-electron chi connectivity index (χ1n) is 14.2. The number of H-pyrrole nitrogens is 1. The number of carbonyl (C=O) groups is 3. The third-order valence-corrected chi connectivity index (χ3v) is 8.79. The van der Waals surface area contributed by atoms with Crippen molar-refractivity contribution in [1.82, 2.24) is 24.8 Å². The Hall–Kier alpha value is -4.56. The number of halogens is 1. The van der Waals surface area contributed by atoms with Crippen LogP contribution in [0, 0.1) is 0 Å². The molecule has 210 valence electrons. The van der Waals surface area contributed by atoms with E-state index in [4.69, 9.17) is 16.6 Å². The van der Waals surface area contributed by atoms with Gasteiger partial charge in [0.15, 0.2) is 0 Å². The second-order valence-electron chi connectivity index (χ2n) is 10.9. The highest BCUT2D eigenvalue weighted by Crippen LogP contribution is 2.39. The van der Waals surface area contributed by atoms with Gasteiger partial charge in [-0.1, -0.05) is 41.4 Å². The maximum absolute atomic E-state index is 14.1. The molecule has 4 heterocycles. The first kappa shape index (κ1) is 26.3. The van der Waals surface area contributed by atoms with E-state index in [2.05, 4.69) is 22.1 Å². The Morgan fingerprint density at radius 3 is 2.36 bits per heavy atom. The highest BCUT2D eigenvalue weighted by Gasteiger charge is 2.44. The number of rotatable bonds is 4. The second-order valence-corrected chi connectivity index (χ2v) is 11.4. The van der Waals surface area contributed by atoms with Gasteiger partial charge in [-0.15, -0.1) is 0 Å². The number of imide groups is 1. The van der Waals surface area contributed by atoms with Crippen molar-refractivity contribution >= 4 is 34.9 Å². The molecule has 0 saturated carbocycles. The smallest absolute Gasteiger partial charge is 0.262 e. The van der Waals surface area contributed by atoms with Crippen LogP contribution in [0.3, 0.4) is 0 Å². The van der Waals surface area contributed by atoms with Crippen LogP contribution in [0.25, 0.3) is 5.57 Å². The topological polar surface area (TPSA) is 99.3 Å². The summed E-state index contributed by atoms with van der Waals surface area (Å²) in [7, 11) is 0. The molecule has 42 heavy (non-hydrogen) atoms. The molecule has 0 radical (unpaired) electrons. The molecule has 9 heteroatoms. The highest BCUT2D eigenvalue weighted by molar-refractivity contribution is 6.30. The van der Waals surface area contributed by atoms with Crippen molar-refractivity contribution in [3.8, 4) is 0 Å². The van der Waals surface area contributed by atoms with E-state index in [9.17, 15) is 14.4 Å². The van der Waals surface area contributed by atoms with Crippen molar-refractivity contribution in [1.29, 1.82) is 0 Å². The van der Waals surface area contributed by atoms with Crippen molar-refractivity contribution in [2.75, 3.05) is 13.1 Å². The van der Waals surface area contributed by atoms with Crippen LogP contribution in [0.15, 0.2) is 78.9 Å². The molecule has 0 unspecified atom stereocenters. The molecule has 1 atom stereocenters. The Balaban J connectivity index is 1.20. The zero-order chi connectivity index (χ0) is 28.8. The first-order chi connectivity index (χ1) is 20.5. The van der Waals surface area contributed by atoms with Gasteiger partial charge in [0, 0.05) is 48.2 Å². The number of pyridine rings is 1. The van der Waals surface area contributed by atoms with Crippen molar-refractivity contribution in [3.63, 3.8) is 0 Å². The van der Waals surface area contributed by atoms with Crippen molar-refractivity contribution < 1.29 is 14.4 Å².